The summed E-state index contributed by atoms with van der Waals surface area (Å²) in [6.07, 6.45) is 4.77. The first-order valence-electron chi connectivity index (χ1n) is 5.58. The van der Waals surface area contributed by atoms with Gasteiger partial charge in [-0.15, -0.1) is 0 Å². The Kier molecular flexibility index (Phi) is 3.15. The van der Waals surface area contributed by atoms with Crippen molar-refractivity contribution in [3.63, 3.8) is 0 Å². The molecule has 0 saturated heterocycles. The summed E-state index contributed by atoms with van der Waals surface area (Å²) < 4.78 is 6.02. The second-order valence-corrected chi connectivity index (χ2v) is 10.8. The van der Waals surface area contributed by atoms with Crippen LogP contribution in [0, 0.1) is 11.3 Å². The van der Waals surface area contributed by atoms with Crippen molar-refractivity contribution in [2.75, 3.05) is 0 Å². The third-order valence-corrected chi connectivity index (χ3v) is 3.51. The molecule has 0 heterocycles. The van der Waals surface area contributed by atoms with Gasteiger partial charge in [-0.25, -0.2) is 0 Å². The molecule has 0 radical (unpaired) electrons. The Hall–Kier alpha value is -0.243. The third kappa shape index (κ3) is 3.49. The van der Waals surface area contributed by atoms with Crippen LogP contribution in [-0.2, 0) is 4.43 Å². The molecular weight excluding hydrogens is 188 g/mol. The number of allylic oxidation sites excluding steroid dienone is 2. The van der Waals surface area contributed by atoms with E-state index in [1.807, 2.05) is 0 Å². The van der Waals surface area contributed by atoms with E-state index >= 15 is 0 Å². The molecule has 0 bridgehead atoms. The van der Waals surface area contributed by atoms with Crippen LogP contribution in [0.5, 0.6) is 0 Å². The van der Waals surface area contributed by atoms with Crippen LogP contribution in [0.2, 0.25) is 19.6 Å². The topological polar surface area (TPSA) is 9.23 Å². The van der Waals surface area contributed by atoms with Gasteiger partial charge in [0.25, 0.3) is 0 Å². The molecule has 1 aliphatic rings. The second kappa shape index (κ2) is 3.73. The smallest absolute Gasteiger partial charge is 0.241 e. The van der Waals surface area contributed by atoms with E-state index in [-0.39, 0.29) is 0 Å². The molecule has 0 aromatic rings. The Morgan fingerprint density at radius 3 is 2.21 bits per heavy atom. The molecule has 0 N–H and O–H groups in total. The average Bonchev–Trinajstić information content (AvgIpc) is 2.29. The maximum Gasteiger partial charge on any atom is 0.241 e. The van der Waals surface area contributed by atoms with Crippen molar-refractivity contribution in [2.45, 2.75) is 53.3 Å². The Bertz CT molecular complexity index is 230. The van der Waals surface area contributed by atoms with Crippen LogP contribution < -0.4 is 0 Å². The van der Waals surface area contributed by atoms with E-state index in [0.717, 1.165) is 6.42 Å². The summed E-state index contributed by atoms with van der Waals surface area (Å²) in [5.41, 5.74) is 0.393. The average molecular weight is 212 g/mol. The third-order valence-electron chi connectivity index (χ3n) is 2.64. The maximum absolute atomic E-state index is 6.02. The zero-order valence-electron chi connectivity index (χ0n) is 10.5. The van der Waals surface area contributed by atoms with Gasteiger partial charge in [-0.2, -0.15) is 0 Å². The van der Waals surface area contributed by atoms with E-state index < -0.39 is 8.32 Å². The summed E-state index contributed by atoms with van der Waals surface area (Å²) in [6.45, 7) is 13.7. The highest BCUT2D eigenvalue weighted by Crippen LogP contribution is 2.38. The maximum atomic E-state index is 6.02. The normalized spacial score (nSPS) is 23.6. The molecule has 1 nitrogen and oxygen atoms in total. The lowest BCUT2D eigenvalue weighted by atomic mass is 9.81. The minimum Gasteiger partial charge on any atom is -0.548 e. The lowest BCUT2D eigenvalue weighted by molar-refractivity contribution is 0.290. The van der Waals surface area contributed by atoms with Gasteiger partial charge in [0.15, 0.2) is 0 Å². The van der Waals surface area contributed by atoms with Crippen molar-refractivity contribution in [2.24, 2.45) is 11.3 Å². The molecule has 0 spiro atoms. The molecule has 0 aromatic heterocycles. The monoisotopic (exact) mass is 212 g/mol. The fourth-order valence-corrected chi connectivity index (χ4v) is 2.81. The Morgan fingerprint density at radius 1 is 1.29 bits per heavy atom. The summed E-state index contributed by atoms with van der Waals surface area (Å²) in [6, 6.07) is 0. The molecule has 0 aliphatic heterocycles. The molecule has 0 aromatic carbocycles. The van der Waals surface area contributed by atoms with Gasteiger partial charge in [0.1, 0.15) is 0 Å². The van der Waals surface area contributed by atoms with Crippen LogP contribution in [-0.4, -0.2) is 8.32 Å². The molecule has 0 amide bonds. The lowest BCUT2D eigenvalue weighted by Crippen LogP contribution is -2.24. The highest BCUT2D eigenvalue weighted by Gasteiger charge is 2.29. The molecule has 1 unspecified atom stereocenters. The fraction of sp³-hybridized carbons (Fsp3) is 0.833. The van der Waals surface area contributed by atoms with Gasteiger partial charge in [0.2, 0.25) is 8.32 Å². The molecular formula is C12H24OSi. The first kappa shape index (κ1) is 11.8. The first-order chi connectivity index (χ1) is 6.18. The van der Waals surface area contributed by atoms with Crippen LogP contribution in [0.3, 0.4) is 0 Å². The van der Waals surface area contributed by atoms with Crippen molar-refractivity contribution in [3.8, 4) is 0 Å². The first-order valence-corrected chi connectivity index (χ1v) is 8.99. The molecule has 14 heavy (non-hydrogen) atoms. The molecule has 0 fully saturated rings. The zero-order chi connectivity index (χ0) is 11.0. The SMILES string of the molecule is CC(C)(C)C1C=C(O[Si](C)(C)C)CC1. The summed E-state index contributed by atoms with van der Waals surface area (Å²) in [7, 11) is -1.38. The van der Waals surface area contributed by atoms with Gasteiger partial charge < -0.3 is 4.43 Å². The van der Waals surface area contributed by atoms with E-state index in [4.69, 9.17) is 4.43 Å². The van der Waals surface area contributed by atoms with E-state index in [2.05, 4.69) is 46.5 Å². The Labute approximate surface area is 89.7 Å². The minimum absolute atomic E-state index is 0.393. The zero-order valence-corrected chi connectivity index (χ0v) is 11.5. The molecule has 2 heteroatoms. The largest absolute Gasteiger partial charge is 0.548 e. The van der Waals surface area contributed by atoms with Crippen molar-refractivity contribution in [1.29, 1.82) is 0 Å². The summed E-state index contributed by atoms with van der Waals surface area (Å²) >= 11 is 0. The van der Waals surface area contributed by atoms with Crippen molar-refractivity contribution >= 4 is 8.32 Å². The fourth-order valence-electron chi connectivity index (χ4n) is 1.85. The van der Waals surface area contributed by atoms with Gasteiger partial charge in [-0.1, -0.05) is 20.8 Å². The van der Waals surface area contributed by atoms with Crippen LogP contribution in [0.1, 0.15) is 33.6 Å². The standard InChI is InChI=1S/C12H24OSi/c1-12(2,3)10-7-8-11(9-10)13-14(4,5)6/h9-10H,7-8H2,1-6H3. The van der Waals surface area contributed by atoms with Crippen molar-refractivity contribution in [1.82, 2.24) is 0 Å². The predicted octanol–water partition coefficient (Wildman–Crippen LogP) is 4.18. The summed E-state index contributed by atoms with van der Waals surface area (Å²) in [5.74, 6) is 1.96. The van der Waals surface area contributed by atoms with Crippen LogP contribution in [0.25, 0.3) is 0 Å². The van der Waals surface area contributed by atoms with E-state index in [0.29, 0.717) is 11.3 Å². The summed E-state index contributed by atoms with van der Waals surface area (Å²) in [4.78, 5) is 0. The molecule has 1 rings (SSSR count). The minimum atomic E-state index is -1.38. The number of rotatable bonds is 2. The second-order valence-electron chi connectivity index (χ2n) is 6.36. The van der Waals surface area contributed by atoms with Gasteiger partial charge in [0, 0.05) is 6.42 Å². The Morgan fingerprint density at radius 2 is 1.86 bits per heavy atom. The molecule has 0 saturated carbocycles. The Balaban J connectivity index is 2.60. The van der Waals surface area contributed by atoms with E-state index in [1.165, 1.54) is 12.2 Å². The quantitative estimate of drug-likeness (QED) is 0.624. The predicted molar refractivity (Wildman–Crippen MR) is 64.7 cm³/mol. The van der Waals surface area contributed by atoms with Crippen LogP contribution in [0.15, 0.2) is 11.8 Å². The highest BCUT2D eigenvalue weighted by molar-refractivity contribution is 6.70. The number of hydrogen-bond acceptors (Lipinski definition) is 1. The molecule has 82 valence electrons. The lowest BCUT2D eigenvalue weighted by Gasteiger charge is -2.24. The molecule has 1 aliphatic carbocycles. The van der Waals surface area contributed by atoms with Crippen molar-refractivity contribution < 1.29 is 4.43 Å². The number of hydrogen-bond donors (Lipinski definition) is 0. The van der Waals surface area contributed by atoms with Gasteiger partial charge in [-0.05, 0) is 43.5 Å². The van der Waals surface area contributed by atoms with Gasteiger partial charge in [-0.3, -0.25) is 0 Å². The molecule has 1 atom stereocenters. The van der Waals surface area contributed by atoms with Gasteiger partial charge >= 0.3 is 0 Å². The van der Waals surface area contributed by atoms with E-state index in [9.17, 15) is 0 Å². The van der Waals surface area contributed by atoms with Gasteiger partial charge in [0.05, 0.1) is 5.76 Å². The van der Waals surface area contributed by atoms with E-state index in [1.54, 1.807) is 0 Å². The highest BCUT2D eigenvalue weighted by atomic mass is 28.4. The summed E-state index contributed by atoms with van der Waals surface area (Å²) in [5, 5.41) is 0. The van der Waals surface area contributed by atoms with Crippen LogP contribution >= 0.6 is 0 Å². The van der Waals surface area contributed by atoms with Crippen LogP contribution in [0.4, 0.5) is 0 Å². The van der Waals surface area contributed by atoms with Crippen molar-refractivity contribution in [3.05, 3.63) is 11.8 Å².